The molecule has 0 aliphatic carbocycles. The van der Waals surface area contributed by atoms with E-state index in [1.165, 1.54) is 0 Å². The highest BCUT2D eigenvalue weighted by molar-refractivity contribution is 5.77. The van der Waals surface area contributed by atoms with Crippen LogP contribution in [0.5, 0.6) is 0 Å². The van der Waals surface area contributed by atoms with E-state index in [4.69, 9.17) is 5.26 Å². The van der Waals surface area contributed by atoms with Crippen molar-refractivity contribution >= 4 is 24.0 Å². The normalized spacial score (nSPS) is 9.00. The highest BCUT2D eigenvalue weighted by Crippen LogP contribution is 2.01. The van der Waals surface area contributed by atoms with Gasteiger partial charge in [-0.3, -0.25) is 14.8 Å². The van der Waals surface area contributed by atoms with E-state index < -0.39 is 17.5 Å². The minimum Gasteiger partial charge on any atom is -0.300 e. The summed E-state index contributed by atoms with van der Waals surface area (Å²) in [6.45, 7) is 11.4. The van der Waals surface area contributed by atoms with E-state index >= 15 is 0 Å². The molecule has 0 unspecified atom stereocenters. The predicted octanol–water partition coefficient (Wildman–Crippen LogP) is 4.18. The molecule has 0 spiro atoms. The molecule has 1 N–H and O–H groups in total. The van der Waals surface area contributed by atoms with Crippen LogP contribution in [0.15, 0.2) is 30.3 Å². The van der Waals surface area contributed by atoms with Gasteiger partial charge in [0.1, 0.15) is 12.1 Å². The molecule has 28 heavy (non-hydrogen) atoms. The van der Waals surface area contributed by atoms with Crippen molar-refractivity contribution in [3.05, 3.63) is 35.9 Å². The van der Waals surface area contributed by atoms with E-state index in [0.717, 1.165) is 25.7 Å². The van der Waals surface area contributed by atoms with Crippen molar-refractivity contribution < 1.29 is 39.1 Å². The van der Waals surface area contributed by atoms with Crippen LogP contribution >= 0.6 is 0 Å². The molecule has 0 atom stereocenters. The van der Waals surface area contributed by atoms with Gasteiger partial charge in [-0.25, -0.2) is 24.3 Å². The van der Waals surface area contributed by atoms with Gasteiger partial charge in [0.15, 0.2) is 0 Å². The highest BCUT2D eigenvalue weighted by Gasteiger charge is 2.07. The first-order valence-corrected chi connectivity index (χ1v) is 8.63. The smallest absolute Gasteiger partial charge is 0.300 e. The maximum atomic E-state index is 10.2. The van der Waals surface area contributed by atoms with E-state index in [-0.39, 0.29) is 0 Å². The fourth-order valence-electron chi connectivity index (χ4n) is 0.899. The van der Waals surface area contributed by atoms with Crippen molar-refractivity contribution in [2.24, 2.45) is 0 Å². The largest absolute Gasteiger partial charge is 0.352 e. The molecule has 8 heteroatoms. The van der Waals surface area contributed by atoms with E-state index in [2.05, 4.69) is 14.7 Å². The van der Waals surface area contributed by atoms with Crippen LogP contribution in [0.3, 0.4) is 0 Å². The summed E-state index contributed by atoms with van der Waals surface area (Å²) in [6, 6.07) is 9.10. The Morgan fingerprint density at radius 1 is 0.929 bits per heavy atom. The van der Waals surface area contributed by atoms with Gasteiger partial charge >= 0.3 is 11.9 Å². The second-order valence-electron chi connectivity index (χ2n) is 6.13. The Balaban J connectivity index is -0.000000301. The van der Waals surface area contributed by atoms with Gasteiger partial charge in [-0.05, 0) is 20.8 Å². The zero-order valence-electron chi connectivity index (χ0n) is 17.7. The molecular weight excluding hydrogens is 368 g/mol. The number of aldehydes is 1. The summed E-state index contributed by atoms with van der Waals surface area (Å²) in [6.07, 6.45) is 2.22. The topological polar surface area (TPSA) is 116 Å². The molecule has 0 radical (unpaired) electrons. The third-order valence-corrected chi connectivity index (χ3v) is 2.27. The maximum absolute atomic E-state index is 10.2. The summed E-state index contributed by atoms with van der Waals surface area (Å²) >= 11 is 0. The van der Waals surface area contributed by atoms with Crippen LogP contribution in [0, 0.1) is 0 Å². The molecule has 1 aromatic rings. The number of carbonyl (C=O) groups excluding carboxylic acids is 4. The zero-order chi connectivity index (χ0) is 22.6. The van der Waals surface area contributed by atoms with Crippen molar-refractivity contribution in [3.63, 3.8) is 0 Å². The van der Waals surface area contributed by atoms with Crippen molar-refractivity contribution in [2.75, 3.05) is 0 Å². The predicted molar refractivity (Wildman–Crippen MR) is 104 cm³/mol. The molecular formula is C20H32O8. The molecule has 0 aliphatic heterocycles. The van der Waals surface area contributed by atoms with Gasteiger partial charge in [0.2, 0.25) is 0 Å². The lowest BCUT2D eigenvalue weighted by Crippen LogP contribution is -2.15. The summed E-state index contributed by atoms with van der Waals surface area (Å²) in [5.41, 5.74) is 0.326. The van der Waals surface area contributed by atoms with Crippen LogP contribution in [-0.2, 0) is 29.0 Å². The third kappa shape index (κ3) is 31.2. The van der Waals surface area contributed by atoms with Gasteiger partial charge in [-0.15, -0.1) is 0 Å². The molecule has 0 aliphatic rings. The standard InChI is InChI=1S/C7H6O.C5H10O.C4H6O4.C4H10O2/c8-6-7-4-2-1-3-5-7;1-3-5(6)4-2;1-3(5)7-8-4(2)6;1-4(2,3)6-5/h1-6H;3-4H2,1-2H3;1-2H3;5H,1-3H3. The maximum Gasteiger partial charge on any atom is 0.352 e. The Hall–Kier alpha value is -2.58. The summed E-state index contributed by atoms with van der Waals surface area (Å²) in [5, 5.41) is 7.90. The lowest BCUT2D eigenvalue weighted by atomic mass is 10.2. The minimum absolute atomic E-state index is 0.343. The van der Waals surface area contributed by atoms with Crippen LogP contribution in [0.1, 0.15) is 71.7 Å². The third-order valence-electron chi connectivity index (χ3n) is 2.27. The van der Waals surface area contributed by atoms with Crippen LogP contribution in [0.25, 0.3) is 0 Å². The van der Waals surface area contributed by atoms with Crippen LogP contribution in [0.4, 0.5) is 0 Å². The van der Waals surface area contributed by atoms with Crippen LogP contribution in [-0.4, -0.2) is 34.9 Å². The first kappa shape index (κ1) is 30.2. The van der Waals surface area contributed by atoms with Gasteiger partial charge in [-0.2, -0.15) is 0 Å². The van der Waals surface area contributed by atoms with Crippen molar-refractivity contribution in [1.29, 1.82) is 0 Å². The first-order valence-electron chi connectivity index (χ1n) is 8.63. The summed E-state index contributed by atoms with van der Waals surface area (Å²) < 4.78 is 0. The van der Waals surface area contributed by atoms with E-state index in [1.807, 2.05) is 32.0 Å². The number of Topliss-reactive ketones (excluding diaryl/α,β-unsaturated/α-hetero) is 1. The Labute approximate surface area is 166 Å². The summed E-state index contributed by atoms with van der Waals surface area (Å²) in [7, 11) is 0. The Morgan fingerprint density at radius 2 is 1.29 bits per heavy atom. The molecule has 0 saturated heterocycles. The average Bonchev–Trinajstić information content (AvgIpc) is 2.67. The van der Waals surface area contributed by atoms with Gasteiger partial charge < -0.3 is 0 Å². The van der Waals surface area contributed by atoms with Gasteiger partial charge in [-0.1, -0.05) is 44.2 Å². The number of rotatable bonds is 3. The number of benzene rings is 1. The Morgan fingerprint density at radius 3 is 1.43 bits per heavy atom. The Kier molecular flexibility index (Phi) is 20.7. The lowest BCUT2D eigenvalue weighted by Gasteiger charge is -2.10. The Bertz CT molecular complexity index is 527. The van der Waals surface area contributed by atoms with Crippen LogP contribution in [0.2, 0.25) is 0 Å². The molecule has 0 amide bonds. The molecule has 0 fully saturated rings. The average molecular weight is 400 g/mol. The molecule has 1 aromatic carbocycles. The van der Waals surface area contributed by atoms with Crippen LogP contribution < -0.4 is 0 Å². The molecule has 8 nitrogen and oxygen atoms in total. The molecule has 0 saturated carbocycles. The summed E-state index contributed by atoms with van der Waals surface area (Å²) in [5.74, 6) is -0.935. The second kappa shape index (κ2) is 19.2. The van der Waals surface area contributed by atoms with Crippen molar-refractivity contribution in [1.82, 2.24) is 0 Å². The number of hydrogen-bond acceptors (Lipinski definition) is 8. The van der Waals surface area contributed by atoms with E-state index in [1.54, 1.807) is 32.9 Å². The zero-order valence-corrected chi connectivity index (χ0v) is 17.7. The quantitative estimate of drug-likeness (QED) is 0.456. The van der Waals surface area contributed by atoms with Crippen molar-refractivity contribution in [2.45, 2.75) is 66.9 Å². The van der Waals surface area contributed by atoms with Crippen molar-refractivity contribution in [3.8, 4) is 0 Å². The lowest BCUT2D eigenvalue weighted by molar-refractivity contribution is -0.306. The molecule has 160 valence electrons. The molecule has 0 bridgehead atoms. The number of carbonyl (C=O) groups is 4. The SMILES string of the molecule is CC(=O)OOC(C)=O.CC(C)(C)OO.CCC(=O)CC.O=Cc1ccccc1. The highest BCUT2D eigenvalue weighted by atomic mass is 17.2. The van der Waals surface area contributed by atoms with E-state index in [0.29, 0.717) is 18.6 Å². The van der Waals surface area contributed by atoms with E-state index in [9.17, 15) is 19.2 Å². The summed E-state index contributed by atoms with van der Waals surface area (Å²) in [4.78, 5) is 51.5. The fraction of sp³-hybridized carbons (Fsp3) is 0.500. The second-order valence-corrected chi connectivity index (χ2v) is 6.13. The molecule has 1 rings (SSSR count). The minimum atomic E-state index is -0.639. The first-order chi connectivity index (χ1) is 12.9. The van der Waals surface area contributed by atoms with Gasteiger partial charge in [0.25, 0.3) is 0 Å². The monoisotopic (exact) mass is 400 g/mol. The van der Waals surface area contributed by atoms with Gasteiger partial charge in [0.05, 0.1) is 5.60 Å². The fourth-order valence-corrected chi connectivity index (χ4v) is 0.899. The van der Waals surface area contributed by atoms with Gasteiger partial charge in [0, 0.05) is 32.3 Å². The number of hydrogen-bond donors (Lipinski definition) is 1. The molecule has 0 aromatic heterocycles. The molecule has 0 heterocycles. The number of ketones is 1.